The summed E-state index contributed by atoms with van der Waals surface area (Å²) in [6.45, 7) is 8.59. The number of rotatable bonds is 4. The summed E-state index contributed by atoms with van der Waals surface area (Å²) in [5.74, 6) is 0.830. The summed E-state index contributed by atoms with van der Waals surface area (Å²) in [5.41, 5.74) is 2.20. The Bertz CT molecular complexity index is 371. The molecule has 3 heteroatoms. The van der Waals surface area contributed by atoms with Crippen molar-refractivity contribution in [3.63, 3.8) is 0 Å². The molecule has 0 aliphatic rings. The maximum Gasteiger partial charge on any atom is 0.123 e. The molecular formula is C14H22FNS. The molecule has 1 nitrogen and oxygen atoms in total. The van der Waals surface area contributed by atoms with Crippen molar-refractivity contribution in [3.05, 3.63) is 35.1 Å². The van der Waals surface area contributed by atoms with Crippen molar-refractivity contribution < 1.29 is 4.39 Å². The molecule has 0 aliphatic carbocycles. The molecule has 0 heterocycles. The first-order valence-corrected chi connectivity index (χ1v) is 6.89. The van der Waals surface area contributed by atoms with Gasteiger partial charge in [-0.15, -0.1) is 0 Å². The number of benzene rings is 1. The molecule has 0 spiro atoms. The van der Waals surface area contributed by atoms with Crippen molar-refractivity contribution in [1.82, 2.24) is 5.32 Å². The highest BCUT2D eigenvalue weighted by Gasteiger charge is 2.17. The molecule has 0 fully saturated rings. The van der Waals surface area contributed by atoms with Crippen LogP contribution in [0.15, 0.2) is 18.2 Å². The second kappa shape index (κ2) is 5.87. The molecule has 0 saturated heterocycles. The van der Waals surface area contributed by atoms with Crippen molar-refractivity contribution in [2.75, 3.05) is 12.8 Å². The standard InChI is InChI=1S/C14H22FNS/c1-10-8-11(15)6-7-12(10)13(16-5)9-17-14(2,3)4/h6-8,13,16H,9H2,1-5H3. The molecule has 1 atom stereocenters. The van der Waals surface area contributed by atoms with Crippen LogP contribution in [0.2, 0.25) is 0 Å². The topological polar surface area (TPSA) is 12.0 Å². The summed E-state index contributed by atoms with van der Waals surface area (Å²) in [4.78, 5) is 0. The van der Waals surface area contributed by atoms with E-state index in [9.17, 15) is 4.39 Å². The molecule has 96 valence electrons. The van der Waals surface area contributed by atoms with Crippen LogP contribution in [-0.4, -0.2) is 17.5 Å². The SMILES string of the molecule is CNC(CSC(C)(C)C)c1ccc(F)cc1C. The van der Waals surface area contributed by atoms with Gasteiger partial charge in [-0.1, -0.05) is 26.8 Å². The third-order valence-corrected chi connectivity index (χ3v) is 4.00. The van der Waals surface area contributed by atoms with Gasteiger partial charge in [-0.05, 0) is 37.2 Å². The number of thioether (sulfide) groups is 1. The van der Waals surface area contributed by atoms with Gasteiger partial charge in [0.2, 0.25) is 0 Å². The largest absolute Gasteiger partial charge is 0.312 e. The third-order valence-electron chi connectivity index (χ3n) is 2.64. The van der Waals surface area contributed by atoms with Gasteiger partial charge in [0.1, 0.15) is 5.82 Å². The van der Waals surface area contributed by atoms with E-state index in [1.165, 1.54) is 11.6 Å². The fourth-order valence-corrected chi connectivity index (χ4v) is 2.70. The van der Waals surface area contributed by atoms with Crippen molar-refractivity contribution in [2.24, 2.45) is 0 Å². The van der Waals surface area contributed by atoms with Gasteiger partial charge in [0.15, 0.2) is 0 Å². The first-order chi connectivity index (χ1) is 7.83. The van der Waals surface area contributed by atoms with E-state index < -0.39 is 0 Å². The van der Waals surface area contributed by atoms with Crippen LogP contribution in [-0.2, 0) is 0 Å². The molecule has 1 N–H and O–H groups in total. The lowest BCUT2D eigenvalue weighted by molar-refractivity contribution is 0.616. The zero-order chi connectivity index (χ0) is 13.1. The van der Waals surface area contributed by atoms with Crippen molar-refractivity contribution in [3.8, 4) is 0 Å². The summed E-state index contributed by atoms with van der Waals surface area (Å²) in [7, 11) is 1.96. The van der Waals surface area contributed by atoms with E-state index in [2.05, 4.69) is 26.1 Å². The minimum atomic E-state index is -0.162. The molecule has 0 radical (unpaired) electrons. The Morgan fingerprint density at radius 2 is 2.00 bits per heavy atom. The van der Waals surface area contributed by atoms with Crippen LogP contribution in [0, 0.1) is 12.7 Å². The van der Waals surface area contributed by atoms with Gasteiger partial charge in [0, 0.05) is 16.5 Å². The molecule has 0 bridgehead atoms. The van der Waals surface area contributed by atoms with E-state index in [1.807, 2.05) is 31.8 Å². The number of hydrogen-bond donors (Lipinski definition) is 1. The summed E-state index contributed by atoms with van der Waals surface area (Å²) in [6, 6.07) is 5.30. The number of halogens is 1. The summed E-state index contributed by atoms with van der Waals surface area (Å²) in [6.07, 6.45) is 0. The Labute approximate surface area is 108 Å². The van der Waals surface area contributed by atoms with E-state index in [1.54, 1.807) is 6.07 Å². The van der Waals surface area contributed by atoms with Crippen LogP contribution in [0.3, 0.4) is 0 Å². The molecule has 1 aromatic carbocycles. The molecule has 0 aliphatic heterocycles. The first kappa shape index (κ1) is 14.5. The molecular weight excluding hydrogens is 233 g/mol. The second-order valence-electron chi connectivity index (χ2n) is 5.27. The van der Waals surface area contributed by atoms with Crippen molar-refractivity contribution >= 4 is 11.8 Å². The van der Waals surface area contributed by atoms with E-state index in [-0.39, 0.29) is 16.6 Å². The average Bonchev–Trinajstić information content (AvgIpc) is 2.19. The zero-order valence-electron chi connectivity index (χ0n) is 11.3. The minimum Gasteiger partial charge on any atom is -0.312 e. The quantitative estimate of drug-likeness (QED) is 0.875. The zero-order valence-corrected chi connectivity index (χ0v) is 12.1. The molecule has 0 aromatic heterocycles. The number of nitrogens with one attached hydrogen (secondary N) is 1. The summed E-state index contributed by atoms with van der Waals surface area (Å²) >= 11 is 1.92. The fourth-order valence-electron chi connectivity index (χ4n) is 1.69. The van der Waals surface area contributed by atoms with Gasteiger partial charge in [-0.3, -0.25) is 0 Å². The predicted molar refractivity (Wildman–Crippen MR) is 75.1 cm³/mol. The van der Waals surface area contributed by atoms with Gasteiger partial charge in [-0.2, -0.15) is 11.8 Å². The maximum atomic E-state index is 13.1. The Kier molecular flexibility index (Phi) is 5.02. The van der Waals surface area contributed by atoms with Gasteiger partial charge in [-0.25, -0.2) is 4.39 Å². The van der Waals surface area contributed by atoms with Crippen LogP contribution in [0.5, 0.6) is 0 Å². The van der Waals surface area contributed by atoms with Gasteiger partial charge in [0.25, 0.3) is 0 Å². The summed E-state index contributed by atoms with van der Waals surface area (Å²) in [5, 5.41) is 3.31. The van der Waals surface area contributed by atoms with Crippen LogP contribution in [0.4, 0.5) is 4.39 Å². The van der Waals surface area contributed by atoms with E-state index in [0.29, 0.717) is 0 Å². The fraction of sp³-hybridized carbons (Fsp3) is 0.571. The molecule has 1 rings (SSSR count). The average molecular weight is 255 g/mol. The van der Waals surface area contributed by atoms with Crippen LogP contribution >= 0.6 is 11.8 Å². The Morgan fingerprint density at radius 3 is 2.47 bits per heavy atom. The van der Waals surface area contributed by atoms with Crippen molar-refractivity contribution in [1.29, 1.82) is 0 Å². The van der Waals surface area contributed by atoms with Gasteiger partial charge >= 0.3 is 0 Å². The van der Waals surface area contributed by atoms with Gasteiger partial charge < -0.3 is 5.32 Å². The molecule has 1 unspecified atom stereocenters. The van der Waals surface area contributed by atoms with E-state index >= 15 is 0 Å². The highest BCUT2D eigenvalue weighted by atomic mass is 32.2. The van der Waals surface area contributed by atoms with E-state index in [4.69, 9.17) is 0 Å². The molecule has 0 amide bonds. The van der Waals surface area contributed by atoms with E-state index in [0.717, 1.165) is 11.3 Å². The molecule has 1 aromatic rings. The molecule has 0 saturated carbocycles. The second-order valence-corrected chi connectivity index (χ2v) is 7.11. The van der Waals surface area contributed by atoms with Crippen molar-refractivity contribution in [2.45, 2.75) is 38.5 Å². The smallest absolute Gasteiger partial charge is 0.123 e. The van der Waals surface area contributed by atoms with Crippen LogP contribution < -0.4 is 5.32 Å². The lowest BCUT2D eigenvalue weighted by Gasteiger charge is -2.24. The summed E-state index contributed by atoms with van der Waals surface area (Å²) < 4.78 is 13.3. The van der Waals surface area contributed by atoms with Crippen LogP contribution in [0.1, 0.15) is 37.9 Å². The Morgan fingerprint density at radius 1 is 1.35 bits per heavy atom. The third kappa shape index (κ3) is 4.68. The highest BCUT2D eigenvalue weighted by molar-refractivity contribution is 8.00. The minimum absolute atomic E-state index is 0.162. The lowest BCUT2D eigenvalue weighted by Crippen LogP contribution is -2.22. The number of hydrogen-bond acceptors (Lipinski definition) is 2. The monoisotopic (exact) mass is 255 g/mol. The van der Waals surface area contributed by atoms with Crippen LogP contribution in [0.25, 0.3) is 0 Å². The predicted octanol–water partition coefficient (Wildman–Crippen LogP) is 3.93. The Balaban J connectivity index is 2.79. The van der Waals surface area contributed by atoms with Gasteiger partial charge in [0.05, 0.1) is 0 Å². The number of aryl methyl sites for hydroxylation is 1. The molecule has 17 heavy (non-hydrogen) atoms. The maximum absolute atomic E-state index is 13.1. The highest BCUT2D eigenvalue weighted by Crippen LogP contribution is 2.29. The normalized spacial score (nSPS) is 13.8. The first-order valence-electron chi connectivity index (χ1n) is 5.91. The Hall–Kier alpha value is -0.540. The lowest BCUT2D eigenvalue weighted by atomic mass is 10.0.